The summed E-state index contributed by atoms with van der Waals surface area (Å²) in [6.45, 7) is 0.396. The molecule has 7 heteroatoms. The molecular formula is C15H15BrN4O2. The van der Waals surface area contributed by atoms with Crippen molar-refractivity contribution in [2.75, 3.05) is 11.4 Å². The number of hydrogen-bond acceptors (Lipinski definition) is 3. The SMILES string of the molecule is O=C(NC1CC1)[C@@H]1CC(=O)N(c2n[nH]c3cc(Br)ccc23)C1. The molecule has 1 saturated carbocycles. The van der Waals surface area contributed by atoms with Gasteiger partial charge in [-0.05, 0) is 31.0 Å². The standard InChI is InChI=1S/C15H15BrN4O2/c16-9-1-4-11-12(6-9)18-19-14(11)20-7-8(5-13(20)21)15(22)17-10-2-3-10/h1,4,6,8,10H,2-3,5,7H2,(H,17,22)(H,18,19)/t8-/m1/s1. The zero-order valence-electron chi connectivity index (χ0n) is 11.8. The number of aromatic nitrogens is 2. The molecule has 2 aliphatic rings. The van der Waals surface area contributed by atoms with E-state index in [0.717, 1.165) is 28.2 Å². The molecule has 0 unspecified atom stereocenters. The molecule has 1 atom stereocenters. The number of benzene rings is 1. The van der Waals surface area contributed by atoms with E-state index >= 15 is 0 Å². The van der Waals surface area contributed by atoms with E-state index in [4.69, 9.17) is 0 Å². The molecule has 1 aliphatic heterocycles. The Morgan fingerprint density at radius 1 is 1.41 bits per heavy atom. The van der Waals surface area contributed by atoms with E-state index in [9.17, 15) is 9.59 Å². The maximum atomic E-state index is 12.3. The quantitative estimate of drug-likeness (QED) is 0.875. The van der Waals surface area contributed by atoms with Crippen LogP contribution in [-0.4, -0.2) is 34.6 Å². The van der Waals surface area contributed by atoms with E-state index in [0.29, 0.717) is 18.4 Å². The molecule has 114 valence electrons. The number of nitrogens with zero attached hydrogens (tertiary/aromatic N) is 2. The Labute approximate surface area is 135 Å². The van der Waals surface area contributed by atoms with Crippen molar-refractivity contribution in [2.24, 2.45) is 5.92 Å². The van der Waals surface area contributed by atoms with Crippen LogP contribution < -0.4 is 10.2 Å². The minimum absolute atomic E-state index is 0.0130. The predicted octanol–water partition coefficient (Wildman–Crippen LogP) is 1.96. The third-order valence-electron chi connectivity index (χ3n) is 4.18. The molecule has 4 rings (SSSR count). The number of anilines is 1. The summed E-state index contributed by atoms with van der Waals surface area (Å²) in [5.74, 6) is 0.262. The van der Waals surface area contributed by atoms with Gasteiger partial charge in [-0.1, -0.05) is 15.9 Å². The summed E-state index contributed by atoms with van der Waals surface area (Å²) < 4.78 is 0.949. The number of aromatic amines is 1. The van der Waals surface area contributed by atoms with Crippen molar-refractivity contribution >= 4 is 44.5 Å². The summed E-state index contributed by atoms with van der Waals surface area (Å²) >= 11 is 3.41. The van der Waals surface area contributed by atoms with Crippen LogP contribution >= 0.6 is 15.9 Å². The van der Waals surface area contributed by atoms with Gasteiger partial charge >= 0.3 is 0 Å². The number of fused-ring (bicyclic) bond motifs is 1. The van der Waals surface area contributed by atoms with Crippen LogP contribution in [0.3, 0.4) is 0 Å². The second-order valence-corrected chi connectivity index (χ2v) is 6.84. The zero-order chi connectivity index (χ0) is 15.3. The minimum atomic E-state index is -0.282. The van der Waals surface area contributed by atoms with Gasteiger partial charge in [-0.2, -0.15) is 5.10 Å². The largest absolute Gasteiger partial charge is 0.353 e. The molecule has 2 heterocycles. The number of carbonyl (C=O) groups excluding carboxylic acids is 2. The van der Waals surface area contributed by atoms with Crippen molar-refractivity contribution in [1.82, 2.24) is 15.5 Å². The molecule has 1 aromatic carbocycles. The molecule has 2 N–H and O–H groups in total. The number of rotatable bonds is 3. The van der Waals surface area contributed by atoms with E-state index in [-0.39, 0.29) is 24.2 Å². The first-order valence-corrected chi connectivity index (χ1v) is 8.15. The summed E-state index contributed by atoms with van der Waals surface area (Å²) in [6, 6.07) is 6.08. The summed E-state index contributed by atoms with van der Waals surface area (Å²) in [6.07, 6.45) is 2.35. The lowest BCUT2D eigenvalue weighted by Crippen LogP contribution is -2.34. The van der Waals surface area contributed by atoms with Gasteiger partial charge in [0.25, 0.3) is 0 Å². The average Bonchev–Trinajstić information content (AvgIpc) is 3.07. The maximum Gasteiger partial charge on any atom is 0.229 e. The Hall–Kier alpha value is -1.89. The Bertz CT molecular complexity index is 768. The van der Waals surface area contributed by atoms with Crippen molar-refractivity contribution < 1.29 is 9.59 Å². The highest BCUT2D eigenvalue weighted by molar-refractivity contribution is 9.10. The average molecular weight is 363 g/mol. The predicted molar refractivity (Wildman–Crippen MR) is 85.4 cm³/mol. The normalized spacial score (nSPS) is 21.6. The van der Waals surface area contributed by atoms with Crippen LogP contribution in [-0.2, 0) is 9.59 Å². The molecular weight excluding hydrogens is 348 g/mol. The van der Waals surface area contributed by atoms with Crippen LogP contribution in [0.25, 0.3) is 10.9 Å². The Morgan fingerprint density at radius 2 is 2.23 bits per heavy atom. The summed E-state index contributed by atoms with van der Waals surface area (Å²) in [7, 11) is 0. The van der Waals surface area contributed by atoms with Gasteiger partial charge in [-0.15, -0.1) is 0 Å². The number of halogens is 1. The van der Waals surface area contributed by atoms with Crippen molar-refractivity contribution in [1.29, 1.82) is 0 Å². The Balaban J connectivity index is 1.58. The van der Waals surface area contributed by atoms with Gasteiger partial charge in [0.15, 0.2) is 5.82 Å². The van der Waals surface area contributed by atoms with Crippen molar-refractivity contribution in [3.63, 3.8) is 0 Å². The maximum absolute atomic E-state index is 12.3. The van der Waals surface area contributed by atoms with Gasteiger partial charge in [0.1, 0.15) is 0 Å². The molecule has 6 nitrogen and oxygen atoms in total. The van der Waals surface area contributed by atoms with Crippen molar-refractivity contribution in [3.05, 3.63) is 22.7 Å². The lowest BCUT2D eigenvalue weighted by Gasteiger charge is -2.14. The molecule has 1 aromatic heterocycles. The molecule has 0 spiro atoms. The molecule has 2 amide bonds. The van der Waals surface area contributed by atoms with Gasteiger partial charge in [0.05, 0.1) is 11.4 Å². The van der Waals surface area contributed by atoms with E-state index in [1.54, 1.807) is 4.90 Å². The van der Waals surface area contributed by atoms with E-state index < -0.39 is 0 Å². The minimum Gasteiger partial charge on any atom is -0.353 e. The highest BCUT2D eigenvalue weighted by Crippen LogP contribution is 2.31. The summed E-state index contributed by atoms with van der Waals surface area (Å²) in [5.41, 5.74) is 0.864. The van der Waals surface area contributed by atoms with Crippen LogP contribution in [0.1, 0.15) is 19.3 Å². The smallest absolute Gasteiger partial charge is 0.229 e. The fourth-order valence-corrected chi connectivity index (χ4v) is 3.18. The van der Waals surface area contributed by atoms with Crippen LogP contribution in [0.15, 0.2) is 22.7 Å². The van der Waals surface area contributed by atoms with Crippen molar-refractivity contribution in [2.45, 2.75) is 25.3 Å². The molecule has 2 fully saturated rings. The number of carbonyl (C=O) groups is 2. The summed E-state index contributed by atoms with van der Waals surface area (Å²) in [4.78, 5) is 26.0. The first kappa shape index (κ1) is 13.8. The first-order valence-electron chi connectivity index (χ1n) is 7.36. The third-order valence-corrected chi connectivity index (χ3v) is 4.67. The van der Waals surface area contributed by atoms with Gasteiger partial charge in [0, 0.05) is 28.9 Å². The zero-order valence-corrected chi connectivity index (χ0v) is 13.4. The molecule has 1 saturated heterocycles. The number of amides is 2. The van der Waals surface area contributed by atoms with Crippen LogP contribution in [0.2, 0.25) is 0 Å². The molecule has 1 aliphatic carbocycles. The van der Waals surface area contributed by atoms with E-state index in [2.05, 4.69) is 31.4 Å². The fraction of sp³-hybridized carbons (Fsp3) is 0.400. The number of H-pyrrole nitrogens is 1. The van der Waals surface area contributed by atoms with Crippen LogP contribution in [0, 0.1) is 5.92 Å². The molecule has 2 aromatic rings. The van der Waals surface area contributed by atoms with Gasteiger partial charge in [0.2, 0.25) is 11.8 Å². The Morgan fingerprint density at radius 3 is 3.00 bits per heavy atom. The van der Waals surface area contributed by atoms with Gasteiger partial charge in [-0.25, -0.2) is 0 Å². The fourth-order valence-electron chi connectivity index (χ4n) is 2.82. The number of nitrogens with one attached hydrogen (secondary N) is 2. The highest BCUT2D eigenvalue weighted by atomic mass is 79.9. The number of hydrogen-bond donors (Lipinski definition) is 2. The van der Waals surface area contributed by atoms with E-state index in [1.807, 2.05) is 18.2 Å². The van der Waals surface area contributed by atoms with Crippen molar-refractivity contribution in [3.8, 4) is 0 Å². The summed E-state index contributed by atoms with van der Waals surface area (Å²) in [5, 5.41) is 11.1. The monoisotopic (exact) mass is 362 g/mol. The first-order chi connectivity index (χ1) is 10.6. The topological polar surface area (TPSA) is 78.1 Å². The second-order valence-electron chi connectivity index (χ2n) is 5.93. The van der Waals surface area contributed by atoms with Gasteiger partial charge in [-0.3, -0.25) is 19.6 Å². The van der Waals surface area contributed by atoms with E-state index in [1.165, 1.54) is 0 Å². The van der Waals surface area contributed by atoms with Gasteiger partial charge < -0.3 is 5.32 Å². The second kappa shape index (κ2) is 5.08. The van der Waals surface area contributed by atoms with Crippen LogP contribution in [0.4, 0.5) is 5.82 Å². The third kappa shape index (κ3) is 2.39. The highest BCUT2D eigenvalue weighted by Gasteiger charge is 2.38. The molecule has 0 radical (unpaired) electrons. The molecule has 22 heavy (non-hydrogen) atoms. The lowest BCUT2D eigenvalue weighted by molar-refractivity contribution is -0.126. The van der Waals surface area contributed by atoms with Crippen LogP contribution in [0.5, 0.6) is 0 Å². The Kier molecular flexibility index (Phi) is 3.18. The lowest BCUT2D eigenvalue weighted by atomic mass is 10.1. The molecule has 0 bridgehead atoms.